The lowest BCUT2D eigenvalue weighted by molar-refractivity contribution is 0.202. The number of thiocarbonyl (C=S) groups is 1. The van der Waals surface area contributed by atoms with Gasteiger partial charge in [0.1, 0.15) is 4.99 Å². The number of nitrogens with zero attached hydrogens (tertiary/aromatic N) is 1. The highest BCUT2D eigenvalue weighted by Gasteiger charge is 2.10. The van der Waals surface area contributed by atoms with E-state index in [0.29, 0.717) is 10.9 Å². The van der Waals surface area contributed by atoms with Crippen LogP contribution in [0.5, 0.6) is 5.88 Å². The van der Waals surface area contributed by atoms with E-state index in [1.807, 2.05) is 37.3 Å². The normalized spacial score (nSPS) is 12.3. The van der Waals surface area contributed by atoms with Crippen molar-refractivity contribution < 1.29 is 4.74 Å². The Morgan fingerprint density at radius 3 is 2.84 bits per heavy atom. The van der Waals surface area contributed by atoms with Crippen molar-refractivity contribution in [3.63, 3.8) is 0 Å². The van der Waals surface area contributed by atoms with Crippen LogP contribution < -0.4 is 10.5 Å². The van der Waals surface area contributed by atoms with Crippen LogP contribution in [0.2, 0.25) is 0 Å². The Morgan fingerprint density at radius 2 is 2.16 bits per heavy atom. The van der Waals surface area contributed by atoms with Gasteiger partial charge >= 0.3 is 0 Å². The first-order valence-electron chi connectivity index (χ1n) is 6.48. The van der Waals surface area contributed by atoms with Crippen LogP contribution in [0.25, 0.3) is 10.9 Å². The number of rotatable bonds is 5. The first-order valence-corrected chi connectivity index (χ1v) is 6.89. The number of para-hydroxylation sites is 1. The number of hydrogen-bond donors (Lipinski definition) is 1. The molecule has 100 valence electrons. The Kier molecular flexibility index (Phi) is 4.32. The highest BCUT2D eigenvalue weighted by atomic mass is 32.1. The third kappa shape index (κ3) is 3.20. The van der Waals surface area contributed by atoms with E-state index < -0.39 is 0 Å². The van der Waals surface area contributed by atoms with Crippen molar-refractivity contribution in [2.75, 3.05) is 0 Å². The van der Waals surface area contributed by atoms with Crippen molar-refractivity contribution in [1.29, 1.82) is 0 Å². The van der Waals surface area contributed by atoms with E-state index >= 15 is 0 Å². The second kappa shape index (κ2) is 5.97. The van der Waals surface area contributed by atoms with E-state index in [-0.39, 0.29) is 6.10 Å². The zero-order valence-corrected chi connectivity index (χ0v) is 12.0. The largest absolute Gasteiger partial charge is 0.475 e. The fourth-order valence-electron chi connectivity index (χ4n) is 2.09. The van der Waals surface area contributed by atoms with Gasteiger partial charge in [-0.05, 0) is 19.4 Å². The Labute approximate surface area is 118 Å². The molecule has 0 aliphatic heterocycles. The van der Waals surface area contributed by atoms with Crippen molar-refractivity contribution in [2.45, 2.75) is 32.8 Å². The summed E-state index contributed by atoms with van der Waals surface area (Å²) in [5.41, 5.74) is 7.46. The van der Waals surface area contributed by atoms with Crippen LogP contribution in [0.1, 0.15) is 32.3 Å². The van der Waals surface area contributed by atoms with Crippen molar-refractivity contribution in [1.82, 2.24) is 4.98 Å². The lowest BCUT2D eigenvalue weighted by atomic mass is 10.1. The van der Waals surface area contributed by atoms with E-state index in [4.69, 9.17) is 22.7 Å². The Bertz CT molecular complexity index is 598. The minimum absolute atomic E-state index is 0.137. The summed E-state index contributed by atoms with van der Waals surface area (Å²) in [5.74, 6) is 0.586. The molecule has 0 spiro atoms. The molecule has 1 heterocycles. The summed E-state index contributed by atoms with van der Waals surface area (Å²) in [7, 11) is 0. The molecule has 0 bridgehead atoms. The van der Waals surface area contributed by atoms with Gasteiger partial charge in [0, 0.05) is 17.0 Å². The van der Waals surface area contributed by atoms with Gasteiger partial charge in [-0.2, -0.15) is 0 Å². The molecule has 0 radical (unpaired) electrons. The van der Waals surface area contributed by atoms with Gasteiger partial charge in [-0.25, -0.2) is 4.98 Å². The van der Waals surface area contributed by atoms with Crippen LogP contribution in [0.15, 0.2) is 30.3 Å². The van der Waals surface area contributed by atoms with Crippen molar-refractivity contribution in [3.05, 3.63) is 35.9 Å². The van der Waals surface area contributed by atoms with Gasteiger partial charge in [-0.15, -0.1) is 0 Å². The van der Waals surface area contributed by atoms with Crippen LogP contribution in [-0.4, -0.2) is 16.1 Å². The quantitative estimate of drug-likeness (QED) is 0.849. The van der Waals surface area contributed by atoms with Crippen LogP contribution >= 0.6 is 12.2 Å². The smallest absolute Gasteiger partial charge is 0.214 e. The maximum atomic E-state index is 5.83. The molecule has 0 saturated carbocycles. The van der Waals surface area contributed by atoms with E-state index in [1.165, 1.54) is 0 Å². The Hall–Kier alpha value is -1.68. The van der Waals surface area contributed by atoms with Gasteiger partial charge in [0.25, 0.3) is 0 Å². The topological polar surface area (TPSA) is 48.1 Å². The standard InChI is InChI=1S/C15H18N2OS/c1-3-6-10(2)18-14-9-12(15(16)19)11-7-4-5-8-13(11)17-14/h4-5,7-10H,3,6H2,1-2H3,(H2,16,19). The van der Waals surface area contributed by atoms with Gasteiger partial charge in [0.15, 0.2) is 0 Å². The lowest BCUT2D eigenvalue weighted by Crippen LogP contribution is -2.14. The average molecular weight is 274 g/mol. The number of hydrogen-bond acceptors (Lipinski definition) is 3. The highest BCUT2D eigenvalue weighted by Crippen LogP contribution is 2.23. The molecule has 1 aromatic heterocycles. The molecule has 0 saturated heterocycles. The van der Waals surface area contributed by atoms with E-state index in [2.05, 4.69) is 11.9 Å². The van der Waals surface area contributed by atoms with Crippen LogP contribution in [-0.2, 0) is 0 Å². The molecule has 1 aromatic carbocycles. The first kappa shape index (κ1) is 13.7. The Morgan fingerprint density at radius 1 is 1.42 bits per heavy atom. The molecule has 4 heteroatoms. The molecule has 0 aliphatic carbocycles. The summed E-state index contributed by atoms with van der Waals surface area (Å²) in [5, 5.41) is 0.963. The van der Waals surface area contributed by atoms with Crippen molar-refractivity contribution in [3.8, 4) is 5.88 Å². The van der Waals surface area contributed by atoms with Gasteiger partial charge < -0.3 is 10.5 Å². The molecule has 19 heavy (non-hydrogen) atoms. The monoisotopic (exact) mass is 274 g/mol. The van der Waals surface area contributed by atoms with Gasteiger partial charge in [0.2, 0.25) is 5.88 Å². The van der Waals surface area contributed by atoms with Crippen molar-refractivity contribution >= 4 is 28.1 Å². The zero-order valence-electron chi connectivity index (χ0n) is 11.2. The van der Waals surface area contributed by atoms with Crippen LogP contribution in [0.3, 0.4) is 0 Å². The maximum Gasteiger partial charge on any atom is 0.214 e. The van der Waals surface area contributed by atoms with Crippen LogP contribution in [0.4, 0.5) is 0 Å². The molecule has 0 aliphatic rings. The maximum absolute atomic E-state index is 5.83. The molecule has 2 N–H and O–H groups in total. The fourth-order valence-corrected chi connectivity index (χ4v) is 2.26. The highest BCUT2D eigenvalue weighted by molar-refractivity contribution is 7.80. The second-order valence-corrected chi connectivity index (χ2v) is 5.05. The minimum atomic E-state index is 0.137. The number of pyridine rings is 1. The van der Waals surface area contributed by atoms with Crippen LogP contribution in [0, 0.1) is 0 Å². The SMILES string of the molecule is CCCC(C)Oc1cc(C(N)=S)c2ccccc2n1. The number of nitrogens with two attached hydrogens (primary N) is 1. The van der Waals surface area contributed by atoms with E-state index in [1.54, 1.807) is 0 Å². The molecule has 2 aromatic rings. The predicted molar refractivity (Wildman–Crippen MR) is 82.6 cm³/mol. The lowest BCUT2D eigenvalue weighted by Gasteiger charge is -2.14. The van der Waals surface area contributed by atoms with Crippen molar-refractivity contribution in [2.24, 2.45) is 5.73 Å². The summed E-state index contributed by atoms with van der Waals surface area (Å²) in [6, 6.07) is 9.63. The summed E-state index contributed by atoms with van der Waals surface area (Å²) in [4.78, 5) is 4.87. The summed E-state index contributed by atoms with van der Waals surface area (Å²) in [6.07, 6.45) is 2.21. The summed E-state index contributed by atoms with van der Waals surface area (Å²) in [6.45, 7) is 4.18. The van der Waals surface area contributed by atoms with Gasteiger partial charge in [-0.1, -0.05) is 43.8 Å². The molecular formula is C15H18N2OS. The molecular weight excluding hydrogens is 256 g/mol. The zero-order chi connectivity index (χ0) is 13.8. The first-order chi connectivity index (χ1) is 9.11. The third-order valence-corrected chi connectivity index (χ3v) is 3.20. The number of aromatic nitrogens is 1. The Balaban J connectivity index is 2.43. The molecule has 2 rings (SSSR count). The van der Waals surface area contributed by atoms with Gasteiger partial charge in [-0.3, -0.25) is 0 Å². The molecule has 0 amide bonds. The molecule has 0 fully saturated rings. The fraction of sp³-hybridized carbons (Fsp3) is 0.333. The number of benzene rings is 1. The summed E-state index contributed by atoms with van der Waals surface area (Å²) >= 11 is 5.11. The number of ether oxygens (including phenoxy) is 1. The summed E-state index contributed by atoms with van der Waals surface area (Å²) < 4.78 is 5.83. The van der Waals surface area contributed by atoms with E-state index in [0.717, 1.165) is 29.3 Å². The average Bonchev–Trinajstić information content (AvgIpc) is 2.37. The molecule has 1 unspecified atom stereocenters. The third-order valence-electron chi connectivity index (χ3n) is 2.98. The van der Waals surface area contributed by atoms with E-state index in [9.17, 15) is 0 Å². The second-order valence-electron chi connectivity index (χ2n) is 4.61. The number of fused-ring (bicyclic) bond motifs is 1. The minimum Gasteiger partial charge on any atom is -0.475 e. The molecule has 1 atom stereocenters. The van der Waals surface area contributed by atoms with Gasteiger partial charge in [0.05, 0.1) is 11.6 Å². The molecule has 3 nitrogen and oxygen atoms in total. The predicted octanol–water partition coefficient (Wildman–Crippen LogP) is 3.44.